The van der Waals surface area contributed by atoms with Crippen LogP contribution in [-0.4, -0.2) is 5.71 Å². The molecule has 0 atom stereocenters. The molecule has 1 nitrogen and oxygen atoms in total. The number of allylic oxidation sites excluding steroid dienone is 1. The van der Waals surface area contributed by atoms with Crippen molar-refractivity contribution in [3.63, 3.8) is 0 Å². The van der Waals surface area contributed by atoms with Crippen LogP contribution in [0.4, 0.5) is 5.69 Å². The van der Waals surface area contributed by atoms with Crippen molar-refractivity contribution in [2.75, 3.05) is 0 Å². The number of benzene rings is 3. The number of nitrogens with zero attached hydrogens (tertiary/aromatic N) is 1. The molecule has 0 amide bonds. The van der Waals surface area contributed by atoms with E-state index in [1.165, 1.54) is 22.3 Å². The molecule has 25 heavy (non-hydrogen) atoms. The van der Waals surface area contributed by atoms with Gasteiger partial charge in [0.1, 0.15) is 0 Å². The predicted molar refractivity (Wildman–Crippen MR) is 109 cm³/mol. The van der Waals surface area contributed by atoms with Gasteiger partial charge >= 0.3 is 0 Å². The number of aryl methyl sites for hydroxylation is 3. The lowest BCUT2D eigenvalue weighted by molar-refractivity contribution is 1.32. The van der Waals surface area contributed by atoms with E-state index in [2.05, 4.69) is 87.5 Å². The molecule has 0 radical (unpaired) electrons. The van der Waals surface area contributed by atoms with E-state index in [1.54, 1.807) is 0 Å². The van der Waals surface area contributed by atoms with Gasteiger partial charge < -0.3 is 0 Å². The molecule has 0 fully saturated rings. The molecule has 0 aliphatic heterocycles. The minimum absolute atomic E-state index is 0.973. The van der Waals surface area contributed by atoms with Crippen molar-refractivity contribution >= 4 is 17.5 Å². The first-order valence-electron chi connectivity index (χ1n) is 8.58. The van der Waals surface area contributed by atoms with Crippen LogP contribution < -0.4 is 0 Å². The van der Waals surface area contributed by atoms with Crippen LogP contribution in [0.1, 0.15) is 27.8 Å². The lowest BCUT2D eigenvalue weighted by atomic mass is 10.0. The van der Waals surface area contributed by atoms with Gasteiger partial charge in [-0.15, -0.1) is 0 Å². The molecule has 0 unspecified atom stereocenters. The summed E-state index contributed by atoms with van der Waals surface area (Å²) in [4.78, 5) is 5.00. The molecule has 0 saturated heterocycles. The molecule has 3 aromatic carbocycles. The second-order valence-electron chi connectivity index (χ2n) is 6.35. The Morgan fingerprint density at radius 2 is 1.36 bits per heavy atom. The average molecular weight is 325 g/mol. The monoisotopic (exact) mass is 325 g/mol. The Hall–Kier alpha value is -2.93. The highest BCUT2D eigenvalue weighted by Crippen LogP contribution is 2.24. The van der Waals surface area contributed by atoms with E-state index in [0.29, 0.717) is 0 Å². The first-order chi connectivity index (χ1) is 12.1. The lowest BCUT2D eigenvalue weighted by Crippen LogP contribution is -1.97. The van der Waals surface area contributed by atoms with Gasteiger partial charge in [-0.25, -0.2) is 4.99 Å². The van der Waals surface area contributed by atoms with Gasteiger partial charge in [0, 0.05) is 5.56 Å². The van der Waals surface area contributed by atoms with Crippen LogP contribution in [0.25, 0.3) is 6.08 Å². The largest absolute Gasteiger partial charge is 0.248 e. The Morgan fingerprint density at radius 1 is 0.720 bits per heavy atom. The summed E-state index contributed by atoms with van der Waals surface area (Å²) in [5.74, 6) is 0. The second kappa shape index (κ2) is 7.76. The molecular formula is C24H23N. The highest BCUT2D eigenvalue weighted by Gasteiger charge is 2.05. The van der Waals surface area contributed by atoms with Crippen LogP contribution in [0.2, 0.25) is 0 Å². The van der Waals surface area contributed by atoms with Gasteiger partial charge in [-0.2, -0.15) is 0 Å². The van der Waals surface area contributed by atoms with Crippen molar-refractivity contribution in [2.45, 2.75) is 20.8 Å². The highest BCUT2D eigenvalue weighted by atomic mass is 14.8. The van der Waals surface area contributed by atoms with Crippen LogP contribution in [0.5, 0.6) is 0 Å². The molecule has 124 valence electrons. The maximum absolute atomic E-state index is 5.00. The Balaban J connectivity index is 2.07. The third-order valence-electron chi connectivity index (χ3n) is 4.25. The van der Waals surface area contributed by atoms with Gasteiger partial charge in [-0.3, -0.25) is 0 Å². The zero-order valence-corrected chi connectivity index (χ0v) is 15.0. The molecule has 0 aliphatic carbocycles. The standard InChI is InChI=1S/C24H23N/c1-18-12-15-22(16-13-18)23(17-14-21-10-5-4-6-11-21)25-24-19(2)8-7-9-20(24)3/h4-17H,1-3H3/b17-14+,25-23?. The second-order valence-corrected chi connectivity index (χ2v) is 6.35. The van der Waals surface area contributed by atoms with Gasteiger partial charge in [0.05, 0.1) is 11.4 Å². The number of hydrogen-bond acceptors (Lipinski definition) is 1. The van der Waals surface area contributed by atoms with Gasteiger partial charge in [0.15, 0.2) is 0 Å². The Kier molecular flexibility index (Phi) is 5.25. The minimum Gasteiger partial charge on any atom is -0.248 e. The molecule has 3 rings (SSSR count). The summed E-state index contributed by atoms with van der Waals surface area (Å²) >= 11 is 0. The molecule has 0 N–H and O–H groups in total. The van der Waals surface area contributed by atoms with Crippen molar-refractivity contribution < 1.29 is 0 Å². The smallest absolute Gasteiger partial charge is 0.0709 e. The molecular weight excluding hydrogens is 302 g/mol. The molecule has 3 aromatic rings. The molecule has 0 aromatic heterocycles. The minimum atomic E-state index is 0.973. The Labute approximate surface area is 150 Å². The van der Waals surface area contributed by atoms with Gasteiger partial charge in [0.2, 0.25) is 0 Å². The fourth-order valence-corrected chi connectivity index (χ4v) is 2.76. The Morgan fingerprint density at radius 3 is 2.00 bits per heavy atom. The summed E-state index contributed by atoms with van der Waals surface area (Å²) in [5, 5.41) is 0. The van der Waals surface area contributed by atoms with E-state index in [9.17, 15) is 0 Å². The van der Waals surface area contributed by atoms with Crippen LogP contribution >= 0.6 is 0 Å². The average Bonchev–Trinajstić information content (AvgIpc) is 2.63. The van der Waals surface area contributed by atoms with Crippen molar-refractivity contribution in [3.05, 3.63) is 107 Å². The van der Waals surface area contributed by atoms with Crippen molar-refractivity contribution in [3.8, 4) is 0 Å². The first-order valence-corrected chi connectivity index (χ1v) is 8.58. The number of para-hydroxylation sites is 1. The molecule has 0 spiro atoms. The zero-order valence-electron chi connectivity index (χ0n) is 15.0. The normalized spacial score (nSPS) is 11.9. The predicted octanol–water partition coefficient (Wildman–Crippen LogP) is 6.45. The summed E-state index contributed by atoms with van der Waals surface area (Å²) in [6.07, 6.45) is 4.22. The lowest BCUT2D eigenvalue weighted by Gasteiger charge is -2.08. The van der Waals surface area contributed by atoms with Crippen molar-refractivity contribution in [2.24, 2.45) is 4.99 Å². The molecule has 0 heterocycles. The van der Waals surface area contributed by atoms with E-state index in [1.807, 2.05) is 18.2 Å². The first kappa shape index (κ1) is 16.9. The fourth-order valence-electron chi connectivity index (χ4n) is 2.76. The summed E-state index contributed by atoms with van der Waals surface area (Å²) in [6.45, 7) is 6.32. The summed E-state index contributed by atoms with van der Waals surface area (Å²) in [5.41, 5.74) is 7.96. The summed E-state index contributed by atoms with van der Waals surface area (Å²) in [6, 6.07) is 25.2. The topological polar surface area (TPSA) is 12.4 Å². The third-order valence-corrected chi connectivity index (χ3v) is 4.25. The van der Waals surface area contributed by atoms with E-state index in [4.69, 9.17) is 4.99 Å². The summed E-state index contributed by atoms with van der Waals surface area (Å²) in [7, 11) is 0. The van der Waals surface area contributed by atoms with Crippen molar-refractivity contribution in [1.29, 1.82) is 0 Å². The van der Waals surface area contributed by atoms with E-state index in [-0.39, 0.29) is 0 Å². The Bertz CT molecular complexity index is 880. The van der Waals surface area contributed by atoms with Crippen LogP contribution in [-0.2, 0) is 0 Å². The van der Waals surface area contributed by atoms with Crippen LogP contribution in [0.15, 0.2) is 83.9 Å². The molecule has 0 bridgehead atoms. The van der Waals surface area contributed by atoms with E-state index < -0.39 is 0 Å². The summed E-state index contributed by atoms with van der Waals surface area (Å²) < 4.78 is 0. The van der Waals surface area contributed by atoms with Crippen molar-refractivity contribution in [1.82, 2.24) is 0 Å². The SMILES string of the molecule is Cc1ccc(C(/C=C/c2ccccc2)=Nc2c(C)cccc2C)cc1. The molecule has 0 saturated carbocycles. The van der Waals surface area contributed by atoms with Gasteiger partial charge in [0.25, 0.3) is 0 Å². The van der Waals surface area contributed by atoms with Crippen LogP contribution in [0, 0.1) is 20.8 Å². The third kappa shape index (κ3) is 4.33. The number of rotatable bonds is 4. The fraction of sp³-hybridized carbons (Fsp3) is 0.125. The van der Waals surface area contributed by atoms with E-state index in [0.717, 1.165) is 17.0 Å². The number of hydrogen-bond donors (Lipinski definition) is 0. The quantitative estimate of drug-likeness (QED) is 0.489. The maximum Gasteiger partial charge on any atom is 0.0709 e. The molecule has 1 heteroatoms. The van der Waals surface area contributed by atoms with Crippen LogP contribution in [0.3, 0.4) is 0 Å². The molecule has 0 aliphatic rings. The number of aliphatic imine (C=N–C) groups is 1. The van der Waals surface area contributed by atoms with E-state index >= 15 is 0 Å². The highest BCUT2D eigenvalue weighted by molar-refractivity contribution is 6.12. The maximum atomic E-state index is 5.00. The zero-order chi connectivity index (χ0) is 17.6. The van der Waals surface area contributed by atoms with Gasteiger partial charge in [-0.05, 0) is 43.5 Å². The van der Waals surface area contributed by atoms with Gasteiger partial charge in [-0.1, -0.05) is 84.4 Å².